The Kier molecular flexibility index (Phi) is 4.33. The summed E-state index contributed by atoms with van der Waals surface area (Å²) in [5, 5.41) is 0.652. The average Bonchev–Trinajstić information content (AvgIpc) is 2.51. The minimum absolute atomic E-state index is 0.0141. The molecule has 0 aliphatic carbocycles. The van der Waals surface area contributed by atoms with Crippen molar-refractivity contribution >= 4 is 44.3 Å². The lowest BCUT2D eigenvalue weighted by molar-refractivity contribution is 0.0965. The maximum Gasteiger partial charge on any atom is 0.204 e. The first-order valence-electron chi connectivity index (χ1n) is 6.82. The molecule has 0 spiro atoms. The Labute approximate surface area is 145 Å². The van der Waals surface area contributed by atoms with Gasteiger partial charge in [-0.05, 0) is 46.6 Å². The number of hydrogen-bond acceptors (Lipinski definition) is 4. The third-order valence-electron chi connectivity index (χ3n) is 3.46. The predicted molar refractivity (Wildman–Crippen MR) is 92.2 cm³/mol. The van der Waals surface area contributed by atoms with Gasteiger partial charge in [-0.25, -0.2) is 0 Å². The Hall–Kier alpha value is -1.98. The summed E-state index contributed by atoms with van der Waals surface area (Å²) < 4.78 is 6.40. The number of benzene rings is 1. The highest BCUT2D eigenvalue weighted by Crippen LogP contribution is 2.22. The predicted octanol–water partition coefficient (Wildman–Crippen LogP) is 4.34. The van der Waals surface area contributed by atoms with Crippen LogP contribution in [0.4, 0.5) is 0 Å². The molecule has 2 heterocycles. The lowest BCUT2D eigenvalue weighted by Gasteiger charge is -2.06. The van der Waals surface area contributed by atoms with Crippen molar-refractivity contribution in [2.45, 2.75) is 13.3 Å². The number of pyridine rings is 1. The maximum absolute atomic E-state index is 12.4. The lowest BCUT2D eigenvalue weighted by Crippen LogP contribution is -2.11. The largest absolute Gasteiger partial charge is 0.451 e. The van der Waals surface area contributed by atoms with Gasteiger partial charge in [-0.15, -0.1) is 0 Å². The first-order valence-corrected chi connectivity index (χ1v) is 7.99. The number of carbonyl (C=O) groups is 1. The number of Topliss-reactive ketones (excluding diaryl/α,β-unsaturated/α-hetero) is 1. The molecule has 6 heteroatoms. The number of halogens is 2. The van der Waals surface area contributed by atoms with Gasteiger partial charge < -0.3 is 4.42 Å². The number of hydrogen-bond donors (Lipinski definition) is 0. The standard InChI is InChI=1S/C17H11BrClNO3/c1-9-5-10(18)8-20-13(9)6-15(22)16-7-14(21)11-3-2-4-12(19)17(11)23-16/h2-5,7-8H,6H2,1H3. The monoisotopic (exact) mass is 391 g/mol. The minimum Gasteiger partial charge on any atom is -0.451 e. The molecule has 3 rings (SSSR count). The quantitative estimate of drug-likeness (QED) is 0.622. The lowest BCUT2D eigenvalue weighted by atomic mass is 10.1. The van der Waals surface area contributed by atoms with Crippen molar-refractivity contribution in [2.24, 2.45) is 0 Å². The molecule has 1 aromatic carbocycles. The third kappa shape index (κ3) is 3.21. The number of nitrogens with zero attached hydrogens (tertiary/aromatic N) is 1. The average molecular weight is 393 g/mol. The van der Waals surface area contributed by atoms with Gasteiger partial charge in [0.1, 0.15) is 0 Å². The second-order valence-electron chi connectivity index (χ2n) is 5.11. The van der Waals surface area contributed by atoms with Gasteiger partial charge >= 0.3 is 0 Å². The molecular weight excluding hydrogens is 382 g/mol. The van der Waals surface area contributed by atoms with Crippen molar-refractivity contribution in [3.05, 3.63) is 73.3 Å². The Morgan fingerprint density at radius 1 is 1.35 bits per heavy atom. The highest BCUT2D eigenvalue weighted by molar-refractivity contribution is 9.10. The summed E-state index contributed by atoms with van der Waals surface area (Å²) in [6.45, 7) is 1.87. The van der Waals surface area contributed by atoms with E-state index in [0.717, 1.165) is 10.0 Å². The molecule has 2 aromatic heterocycles. The number of aromatic nitrogens is 1. The molecule has 0 amide bonds. The summed E-state index contributed by atoms with van der Waals surface area (Å²) in [5.74, 6) is -0.332. The van der Waals surface area contributed by atoms with Crippen LogP contribution in [-0.2, 0) is 6.42 Å². The molecule has 0 saturated heterocycles. The minimum atomic E-state index is -0.318. The van der Waals surface area contributed by atoms with Crippen LogP contribution in [0.3, 0.4) is 0 Å². The van der Waals surface area contributed by atoms with Crippen LogP contribution >= 0.6 is 27.5 Å². The van der Waals surface area contributed by atoms with E-state index >= 15 is 0 Å². The number of carbonyl (C=O) groups excluding carboxylic acids is 1. The molecule has 0 aliphatic rings. The van der Waals surface area contributed by atoms with Crippen LogP contribution in [0, 0.1) is 6.92 Å². The number of fused-ring (bicyclic) bond motifs is 1. The molecule has 4 nitrogen and oxygen atoms in total. The molecule has 0 unspecified atom stereocenters. The number of para-hydroxylation sites is 1. The zero-order valence-corrected chi connectivity index (χ0v) is 14.4. The fourth-order valence-electron chi connectivity index (χ4n) is 2.27. The highest BCUT2D eigenvalue weighted by Gasteiger charge is 2.16. The van der Waals surface area contributed by atoms with Crippen LogP contribution in [0.5, 0.6) is 0 Å². The molecule has 0 bridgehead atoms. The van der Waals surface area contributed by atoms with E-state index in [4.69, 9.17) is 16.0 Å². The number of rotatable bonds is 3. The van der Waals surface area contributed by atoms with Gasteiger partial charge in [0, 0.05) is 16.7 Å². The van der Waals surface area contributed by atoms with Crippen molar-refractivity contribution in [1.29, 1.82) is 0 Å². The highest BCUT2D eigenvalue weighted by atomic mass is 79.9. The molecular formula is C17H11BrClNO3. The first-order chi connectivity index (χ1) is 11.0. The summed E-state index contributed by atoms with van der Waals surface area (Å²) in [4.78, 5) is 28.8. The Morgan fingerprint density at radius 3 is 2.87 bits per heavy atom. The van der Waals surface area contributed by atoms with E-state index in [9.17, 15) is 9.59 Å². The van der Waals surface area contributed by atoms with Crippen LogP contribution in [-0.4, -0.2) is 10.8 Å². The topological polar surface area (TPSA) is 60.2 Å². The van der Waals surface area contributed by atoms with Gasteiger partial charge in [-0.3, -0.25) is 14.6 Å². The SMILES string of the molecule is Cc1cc(Br)cnc1CC(=O)c1cc(=O)c2cccc(Cl)c2o1. The van der Waals surface area contributed by atoms with Gasteiger partial charge in [-0.2, -0.15) is 0 Å². The van der Waals surface area contributed by atoms with E-state index in [1.54, 1.807) is 24.4 Å². The zero-order chi connectivity index (χ0) is 16.6. The van der Waals surface area contributed by atoms with Crippen molar-refractivity contribution in [3.63, 3.8) is 0 Å². The summed E-state index contributed by atoms with van der Waals surface area (Å²) in [6.07, 6.45) is 1.68. The molecule has 0 atom stereocenters. The van der Waals surface area contributed by atoms with Gasteiger partial charge in [0.05, 0.1) is 22.5 Å². The van der Waals surface area contributed by atoms with Crippen LogP contribution in [0.1, 0.15) is 21.8 Å². The van der Waals surface area contributed by atoms with Crippen molar-refractivity contribution in [3.8, 4) is 0 Å². The summed E-state index contributed by atoms with van der Waals surface area (Å²) in [7, 11) is 0. The van der Waals surface area contributed by atoms with Crippen LogP contribution < -0.4 is 5.43 Å². The molecule has 3 aromatic rings. The van der Waals surface area contributed by atoms with Gasteiger partial charge in [0.25, 0.3) is 0 Å². The molecule has 0 fully saturated rings. The molecule has 0 radical (unpaired) electrons. The molecule has 0 aliphatic heterocycles. The van der Waals surface area contributed by atoms with E-state index < -0.39 is 0 Å². The fourth-order valence-corrected chi connectivity index (χ4v) is 2.93. The first kappa shape index (κ1) is 15.9. The zero-order valence-electron chi connectivity index (χ0n) is 12.1. The van der Waals surface area contributed by atoms with Crippen LogP contribution in [0.2, 0.25) is 5.02 Å². The van der Waals surface area contributed by atoms with Crippen LogP contribution in [0.15, 0.2) is 50.2 Å². The molecule has 23 heavy (non-hydrogen) atoms. The Bertz CT molecular complexity index is 981. The normalized spacial score (nSPS) is 10.9. The van der Waals surface area contributed by atoms with Crippen LogP contribution in [0.25, 0.3) is 11.0 Å². The Balaban J connectivity index is 2.01. The van der Waals surface area contributed by atoms with E-state index in [-0.39, 0.29) is 29.0 Å². The number of ketones is 1. The fraction of sp³-hybridized carbons (Fsp3) is 0.118. The van der Waals surface area contributed by atoms with E-state index in [1.807, 2.05) is 13.0 Å². The van der Waals surface area contributed by atoms with E-state index in [0.29, 0.717) is 16.1 Å². The van der Waals surface area contributed by atoms with Crippen molar-refractivity contribution in [2.75, 3.05) is 0 Å². The smallest absolute Gasteiger partial charge is 0.204 e. The summed E-state index contributed by atoms with van der Waals surface area (Å²) in [6, 6.07) is 7.97. The molecule has 0 saturated carbocycles. The maximum atomic E-state index is 12.4. The van der Waals surface area contributed by atoms with E-state index in [2.05, 4.69) is 20.9 Å². The van der Waals surface area contributed by atoms with Gasteiger partial charge in [0.15, 0.2) is 16.8 Å². The van der Waals surface area contributed by atoms with Crippen molar-refractivity contribution < 1.29 is 9.21 Å². The second-order valence-corrected chi connectivity index (χ2v) is 6.43. The Morgan fingerprint density at radius 2 is 2.13 bits per heavy atom. The van der Waals surface area contributed by atoms with Gasteiger partial charge in [0.2, 0.25) is 5.78 Å². The summed E-state index contributed by atoms with van der Waals surface area (Å²) in [5.41, 5.74) is 1.46. The van der Waals surface area contributed by atoms with Gasteiger partial charge in [-0.1, -0.05) is 17.7 Å². The third-order valence-corrected chi connectivity index (χ3v) is 4.19. The number of aryl methyl sites for hydroxylation is 1. The second kappa shape index (κ2) is 6.26. The molecule has 0 N–H and O–H groups in total. The van der Waals surface area contributed by atoms with E-state index in [1.165, 1.54) is 6.07 Å². The summed E-state index contributed by atoms with van der Waals surface area (Å²) >= 11 is 9.38. The molecule has 116 valence electrons. The van der Waals surface area contributed by atoms with Crippen molar-refractivity contribution in [1.82, 2.24) is 4.98 Å².